The number of anilines is 3. The number of benzene rings is 1. The van der Waals surface area contributed by atoms with Gasteiger partial charge in [-0.15, -0.1) is 0 Å². The SMILES string of the molecule is C=NC(=NC1CCOCC1)Nc1c(C)nc(Nc2ccc(Cl)c(Cl)c2)n1C1CCC(C(N)=O)CC1. The van der Waals surface area contributed by atoms with Crippen LogP contribution in [0.5, 0.6) is 0 Å². The Morgan fingerprint density at radius 1 is 1.17 bits per heavy atom. The van der Waals surface area contributed by atoms with E-state index in [0.29, 0.717) is 35.2 Å². The van der Waals surface area contributed by atoms with Gasteiger partial charge in [0.25, 0.3) is 0 Å². The first-order valence-electron chi connectivity index (χ1n) is 11.8. The molecule has 0 bridgehead atoms. The largest absolute Gasteiger partial charge is 0.381 e. The molecule has 1 aromatic heterocycles. The fraction of sp³-hybridized carbons (Fsp3) is 0.500. The molecule has 1 amide bonds. The van der Waals surface area contributed by atoms with E-state index in [0.717, 1.165) is 55.7 Å². The van der Waals surface area contributed by atoms with E-state index in [2.05, 4.69) is 26.9 Å². The highest BCUT2D eigenvalue weighted by molar-refractivity contribution is 6.42. The number of carbonyl (C=O) groups excluding carboxylic acids is 1. The van der Waals surface area contributed by atoms with E-state index in [1.54, 1.807) is 12.1 Å². The maximum atomic E-state index is 11.7. The molecule has 9 nitrogen and oxygen atoms in total. The molecule has 188 valence electrons. The summed E-state index contributed by atoms with van der Waals surface area (Å²) in [5.41, 5.74) is 7.12. The highest BCUT2D eigenvalue weighted by Crippen LogP contribution is 2.38. The van der Waals surface area contributed by atoms with Gasteiger partial charge in [-0.1, -0.05) is 23.2 Å². The van der Waals surface area contributed by atoms with Crippen molar-refractivity contribution in [1.82, 2.24) is 9.55 Å². The topological polar surface area (TPSA) is 119 Å². The first-order chi connectivity index (χ1) is 16.9. The molecule has 1 saturated carbocycles. The van der Waals surface area contributed by atoms with Crippen molar-refractivity contribution in [3.63, 3.8) is 0 Å². The third-order valence-electron chi connectivity index (χ3n) is 6.60. The lowest BCUT2D eigenvalue weighted by Crippen LogP contribution is -2.29. The van der Waals surface area contributed by atoms with Crippen molar-refractivity contribution in [1.29, 1.82) is 0 Å². The Hall–Kier alpha value is -2.62. The summed E-state index contributed by atoms with van der Waals surface area (Å²) in [6, 6.07) is 5.59. The predicted octanol–water partition coefficient (Wildman–Crippen LogP) is 5.11. The third-order valence-corrected chi connectivity index (χ3v) is 7.34. The standard InChI is InChI=1S/C24H31Cl2N7O2/c1-14-22(32-23(28-2)30-16-9-11-35-12-10-16)33(18-6-3-15(4-7-18)21(27)34)24(29-14)31-17-5-8-19(25)20(26)13-17/h5,8,13,15-16,18H,2-4,6-7,9-12H2,1H3,(H2,27,34)(H,29,31)(H,30,32). The van der Waals surface area contributed by atoms with E-state index in [9.17, 15) is 4.79 Å². The molecular formula is C24H31Cl2N7O2. The second-order valence-corrected chi connectivity index (χ2v) is 9.79. The Bertz CT molecular complexity index is 1100. The van der Waals surface area contributed by atoms with Gasteiger partial charge in [0.05, 0.1) is 21.8 Å². The van der Waals surface area contributed by atoms with Gasteiger partial charge < -0.3 is 21.1 Å². The molecule has 2 fully saturated rings. The summed E-state index contributed by atoms with van der Waals surface area (Å²) in [7, 11) is 0. The van der Waals surface area contributed by atoms with Gasteiger partial charge in [-0.2, -0.15) is 0 Å². The molecule has 0 atom stereocenters. The number of nitrogens with two attached hydrogens (primary N) is 1. The minimum atomic E-state index is -0.237. The number of primary amides is 1. The molecule has 0 unspecified atom stereocenters. The summed E-state index contributed by atoms with van der Waals surface area (Å²) in [6.07, 6.45) is 4.74. The van der Waals surface area contributed by atoms with E-state index < -0.39 is 0 Å². The zero-order chi connectivity index (χ0) is 24.9. The van der Waals surface area contributed by atoms with Crippen LogP contribution in [-0.2, 0) is 9.53 Å². The van der Waals surface area contributed by atoms with Crippen molar-refractivity contribution in [2.75, 3.05) is 23.8 Å². The zero-order valence-corrected chi connectivity index (χ0v) is 21.3. The summed E-state index contributed by atoms with van der Waals surface area (Å²) in [5, 5.41) is 7.69. The van der Waals surface area contributed by atoms with Gasteiger partial charge >= 0.3 is 0 Å². The number of ether oxygens (including phenoxy) is 1. The van der Waals surface area contributed by atoms with E-state index in [-0.39, 0.29) is 23.9 Å². The summed E-state index contributed by atoms with van der Waals surface area (Å²) in [4.78, 5) is 25.4. The summed E-state index contributed by atoms with van der Waals surface area (Å²) < 4.78 is 7.57. The molecule has 2 heterocycles. The number of rotatable bonds is 6. The lowest BCUT2D eigenvalue weighted by Gasteiger charge is -2.30. The highest BCUT2D eigenvalue weighted by atomic mass is 35.5. The monoisotopic (exact) mass is 519 g/mol. The second kappa shape index (κ2) is 11.4. The van der Waals surface area contributed by atoms with Gasteiger partial charge in [0.2, 0.25) is 17.8 Å². The first-order valence-corrected chi connectivity index (χ1v) is 12.6. The molecule has 4 N–H and O–H groups in total. The molecule has 2 aliphatic rings. The van der Waals surface area contributed by atoms with Crippen LogP contribution >= 0.6 is 23.2 Å². The summed E-state index contributed by atoms with van der Waals surface area (Å²) in [5.74, 6) is 1.56. The summed E-state index contributed by atoms with van der Waals surface area (Å²) >= 11 is 12.3. The van der Waals surface area contributed by atoms with Crippen LogP contribution in [0.1, 0.15) is 50.3 Å². The predicted molar refractivity (Wildman–Crippen MR) is 141 cm³/mol. The Morgan fingerprint density at radius 3 is 2.51 bits per heavy atom. The molecule has 4 rings (SSSR count). The number of aryl methyl sites for hydroxylation is 1. The molecule has 1 aliphatic heterocycles. The van der Waals surface area contributed by atoms with Crippen LogP contribution in [0.15, 0.2) is 28.2 Å². The van der Waals surface area contributed by atoms with Gasteiger partial charge in [-0.25, -0.2) is 15.0 Å². The van der Waals surface area contributed by atoms with Gasteiger partial charge in [-0.05, 0) is 70.4 Å². The van der Waals surface area contributed by atoms with Crippen molar-refractivity contribution in [3.8, 4) is 0 Å². The fourth-order valence-electron chi connectivity index (χ4n) is 4.67. The molecular weight excluding hydrogens is 489 g/mol. The molecule has 1 aromatic carbocycles. The van der Waals surface area contributed by atoms with Crippen LogP contribution in [0, 0.1) is 12.8 Å². The Kier molecular flexibility index (Phi) is 8.30. The van der Waals surface area contributed by atoms with Crippen molar-refractivity contribution < 1.29 is 9.53 Å². The maximum absolute atomic E-state index is 11.7. The quantitative estimate of drug-likeness (QED) is 0.362. The number of nitrogens with one attached hydrogen (secondary N) is 2. The maximum Gasteiger partial charge on any atom is 0.223 e. The van der Waals surface area contributed by atoms with E-state index in [4.69, 9.17) is 43.6 Å². The summed E-state index contributed by atoms with van der Waals surface area (Å²) in [6.45, 7) is 7.03. The number of hydrogen-bond donors (Lipinski definition) is 3. The van der Waals surface area contributed by atoms with E-state index >= 15 is 0 Å². The number of halogens is 2. The molecule has 2 aromatic rings. The Morgan fingerprint density at radius 2 is 1.89 bits per heavy atom. The minimum absolute atomic E-state index is 0.0979. The van der Waals surface area contributed by atoms with Crippen molar-refractivity contribution >= 4 is 59.2 Å². The van der Waals surface area contributed by atoms with Crippen molar-refractivity contribution in [2.24, 2.45) is 21.6 Å². The lowest BCUT2D eigenvalue weighted by atomic mass is 9.85. The third kappa shape index (κ3) is 6.15. The number of amides is 1. The highest BCUT2D eigenvalue weighted by Gasteiger charge is 2.30. The number of hydrogen-bond acceptors (Lipinski definition) is 5. The normalized spacial score (nSPS) is 21.5. The van der Waals surface area contributed by atoms with E-state index in [1.165, 1.54) is 0 Å². The van der Waals surface area contributed by atoms with Crippen LogP contribution in [0.25, 0.3) is 0 Å². The number of aliphatic imine (C=N–C) groups is 2. The van der Waals surface area contributed by atoms with Gasteiger partial charge in [0, 0.05) is 30.9 Å². The minimum Gasteiger partial charge on any atom is -0.381 e. The molecule has 1 aliphatic carbocycles. The number of aromatic nitrogens is 2. The van der Waals surface area contributed by atoms with Crippen LogP contribution in [-0.4, -0.2) is 47.4 Å². The number of guanidine groups is 1. The Balaban J connectivity index is 1.66. The number of nitrogens with zero attached hydrogens (tertiary/aromatic N) is 4. The molecule has 0 radical (unpaired) electrons. The van der Waals surface area contributed by atoms with Crippen molar-refractivity contribution in [3.05, 3.63) is 33.9 Å². The van der Waals surface area contributed by atoms with Crippen LogP contribution in [0.2, 0.25) is 10.0 Å². The zero-order valence-electron chi connectivity index (χ0n) is 19.8. The molecule has 0 spiro atoms. The van der Waals surface area contributed by atoms with Crippen LogP contribution in [0.3, 0.4) is 0 Å². The second-order valence-electron chi connectivity index (χ2n) is 8.98. The molecule has 11 heteroatoms. The molecule has 1 saturated heterocycles. The van der Waals surface area contributed by atoms with Crippen LogP contribution < -0.4 is 16.4 Å². The fourth-order valence-corrected chi connectivity index (χ4v) is 4.97. The van der Waals surface area contributed by atoms with Gasteiger partial charge in [0.15, 0.2) is 0 Å². The number of carbonyl (C=O) groups is 1. The average molecular weight is 520 g/mol. The van der Waals surface area contributed by atoms with Crippen LogP contribution in [0.4, 0.5) is 17.5 Å². The Labute approximate surface area is 215 Å². The van der Waals surface area contributed by atoms with Crippen molar-refractivity contribution in [2.45, 2.75) is 57.5 Å². The first kappa shape index (κ1) is 25.5. The molecule has 35 heavy (non-hydrogen) atoms. The lowest BCUT2D eigenvalue weighted by molar-refractivity contribution is -0.122. The van der Waals surface area contributed by atoms with Gasteiger partial charge in [0.1, 0.15) is 5.82 Å². The van der Waals surface area contributed by atoms with Gasteiger partial charge in [-0.3, -0.25) is 9.36 Å². The van der Waals surface area contributed by atoms with E-state index in [1.807, 2.05) is 13.0 Å². The average Bonchev–Trinajstić information content (AvgIpc) is 3.15. The number of imidazole rings is 1. The smallest absolute Gasteiger partial charge is 0.223 e.